The quantitative estimate of drug-likeness (QED) is 0.414. The number of carbonyl (C=O) groups is 1. The molecule has 0 fully saturated rings. The highest BCUT2D eigenvalue weighted by Crippen LogP contribution is 2.21. The van der Waals surface area contributed by atoms with E-state index >= 15 is 0 Å². The molecular weight excluding hydrogens is 366 g/mol. The van der Waals surface area contributed by atoms with Gasteiger partial charge in [-0.2, -0.15) is 0 Å². The number of halogens is 1. The smallest absolute Gasteiger partial charge is 0.220 e. The van der Waals surface area contributed by atoms with E-state index < -0.39 is 0 Å². The van der Waals surface area contributed by atoms with E-state index in [0.717, 1.165) is 47.3 Å². The van der Waals surface area contributed by atoms with Crippen molar-refractivity contribution in [1.29, 1.82) is 0 Å². The predicted molar refractivity (Wildman–Crippen MR) is 110 cm³/mol. The molecular formula is C21H26ClNO2S. The summed E-state index contributed by atoms with van der Waals surface area (Å²) in [6.07, 6.45) is 3.32. The Labute approximate surface area is 165 Å². The maximum Gasteiger partial charge on any atom is 0.220 e. The first-order chi connectivity index (χ1) is 12.7. The summed E-state index contributed by atoms with van der Waals surface area (Å²) < 4.78 is 5.77. The van der Waals surface area contributed by atoms with Crippen molar-refractivity contribution < 1.29 is 9.53 Å². The second kappa shape index (κ2) is 11.9. The molecule has 2 aromatic rings. The first-order valence-corrected chi connectivity index (χ1v) is 10.4. The molecule has 1 N–H and O–H groups in total. The topological polar surface area (TPSA) is 38.3 Å². The number of hydrogen-bond donors (Lipinski definition) is 1. The van der Waals surface area contributed by atoms with Gasteiger partial charge in [-0.3, -0.25) is 4.79 Å². The van der Waals surface area contributed by atoms with Crippen LogP contribution in [0.15, 0.2) is 53.4 Å². The summed E-state index contributed by atoms with van der Waals surface area (Å²) in [5.41, 5.74) is 1.20. The standard InChI is InChI=1S/C21H26ClNO2S/c1-2-15-25-20-8-4-3-6-17(20)7-5-14-23-21(24)13-16-26-19-11-9-18(22)10-12-19/h3-4,6,8-12H,2,5,7,13-16H2,1H3,(H,23,24). The minimum absolute atomic E-state index is 0.0991. The highest BCUT2D eigenvalue weighted by molar-refractivity contribution is 7.99. The molecule has 0 heterocycles. The monoisotopic (exact) mass is 391 g/mol. The molecule has 2 aromatic carbocycles. The van der Waals surface area contributed by atoms with E-state index in [2.05, 4.69) is 18.3 Å². The van der Waals surface area contributed by atoms with E-state index in [9.17, 15) is 4.79 Å². The van der Waals surface area contributed by atoms with Gasteiger partial charge in [0.05, 0.1) is 6.61 Å². The van der Waals surface area contributed by atoms with Gasteiger partial charge in [-0.1, -0.05) is 36.7 Å². The van der Waals surface area contributed by atoms with Crippen LogP contribution in [0.3, 0.4) is 0 Å². The number of nitrogens with one attached hydrogen (secondary N) is 1. The van der Waals surface area contributed by atoms with Gasteiger partial charge in [0.2, 0.25) is 5.91 Å². The predicted octanol–water partition coefficient (Wildman–Crippen LogP) is 5.36. The highest BCUT2D eigenvalue weighted by Gasteiger charge is 2.05. The molecule has 0 aliphatic rings. The number of amides is 1. The summed E-state index contributed by atoms with van der Waals surface area (Å²) in [6.45, 7) is 3.52. The van der Waals surface area contributed by atoms with Gasteiger partial charge in [-0.05, 0) is 55.2 Å². The van der Waals surface area contributed by atoms with Gasteiger partial charge < -0.3 is 10.1 Å². The fourth-order valence-corrected chi connectivity index (χ4v) is 3.43. The van der Waals surface area contributed by atoms with Gasteiger partial charge in [0, 0.05) is 28.6 Å². The van der Waals surface area contributed by atoms with Gasteiger partial charge in [-0.15, -0.1) is 11.8 Å². The first-order valence-electron chi connectivity index (χ1n) is 9.05. The Morgan fingerprint density at radius 2 is 1.92 bits per heavy atom. The normalized spacial score (nSPS) is 10.5. The molecule has 0 saturated heterocycles. The van der Waals surface area contributed by atoms with Crippen molar-refractivity contribution in [3.05, 3.63) is 59.1 Å². The van der Waals surface area contributed by atoms with Crippen LogP contribution in [-0.4, -0.2) is 24.8 Å². The number of rotatable bonds is 11. The molecule has 0 aliphatic heterocycles. The third-order valence-electron chi connectivity index (χ3n) is 3.79. The molecule has 0 atom stereocenters. The minimum Gasteiger partial charge on any atom is -0.493 e. The van der Waals surface area contributed by atoms with Crippen LogP contribution in [0.4, 0.5) is 0 Å². The Kier molecular flexibility index (Phi) is 9.43. The minimum atomic E-state index is 0.0991. The molecule has 140 valence electrons. The third kappa shape index (κ3) is 7.71. The van der Waals surface area contributed by atoms with Gasteiger partial charge >= 0.3 is 0 Å². The average molecular weight is 392 g/mol. The lowest BCUT2D eigenvalue weighted by atomic mass is 10.1. The Bertz CT molecular complexity index is 676. The number of carbonyl (C=O) groups excluding carboxylic acids is 1. The number of aryl methyl sites for hydroxylation is 1. The van der Waals surface area contributed by atoms with Crippen LogP contribution in [0.2, 0.25) is 5.02 Å². The van der Waals surface area contributed by atoms with Crippen molar-refractivity contribution in [2.24, 2.45) is 0 Å². The molecule has 0 radical (unpaired) electrons. The summed E-state index contributed by atoms with van der Waals surface area (Å²) in [5, 5.41) is 3.73. The van der Waals surface area contributed by atoms with Crippen molar-refractivity contribution in [3.8, 4) is 5.75 Å². The lowest BCUT2D eigenvalue weighted by Gasteiger charge is -2.11. The summed E-state index contributed by atoms with van der Waals surface area (Å²) in [6, 6.07) is 15.8. The van der Waals surface area contributed by atoms with Crippen LogP contribution in [0.1, 0.15) is 31.7 Å². The molecule has 26 heavy (non-hydrogen) atoms. The second-order valence-corrected chi connectivity index (χ2v) is 7.57. The highest BCUT2D eigenvalue weighted by atomic mass is 35.5. The zero-order valence-electron chi connectivity index (χ0n) is 15.2. The molecule has 1 amide bonds. The van der Waals surface area contributed by atoms with Crippen molar-refractivity contribution in [1.82, 2.24) is 5.32 Å². The number of hydrogen-bond acceptors (Lipinski definition) is 3. The molecule has 0 saturated carbocycles. The lowest BCUT2D eigenvalue weighted by Crippen LogP contribution is -2.25. The zero-order valence-corrected chi connectivity index (χ0v) is 16.7. The Hall–Kier alpha value is -1.65. The number of para-hydroxylation sites is 1. The summed E-state index contributed by atoms with van der Waals surface area (Å²) in [5.74, 6) is 1.82. The van der Waals surface area contributed by atoms with Crippen molar-refractivity contribution >= 4 is 29.3 Å². The Balaban J connectivity index is 1.62. The molecule has 0 bridgehead atoms. The number of benzene rings is 2. The van der Waals surface area contributed by atoms with Crippen molar-refractivity contribution in [3.63, 3.8) is 0 Å². The second-order valence-electron chi connectivity index (χ2n) is 5.96. The average Bonchev–Trinajstić information content (AvgIpc) is 2.66. The first kappa shape index (κ1) is 20.7. The van der Waals surface area contributed by atoms with Crippen LogP contribution in [0.25, 0.3) is 0 Å². The lowest BCUT2D eigenvalue weighted by molar-refractivity contribution is -0.120. The molecule has 2 rings (SSSR count). The van der Waals surface area contributed by atoms with Gasteiger partial charge in [0.1, 0.15) is 5.75 Å². The SMILES string of the molecule is CCCOc1ccccc1CCCNC(=O)CCSc1ccc(Cl)cc1. The molecule has 3 nitrogen and oxygen atoms in total. The number of ether oxygens (including phenoxy) is 1. The van der Waals surface area contributed by atoms with Gasteiger partial charge in [-0.25, -0.2) is 0 Å². The van der Waals surface area contributed by atoms with E-state index in [1.807, 2.05) is 42.5 Å². The third-order valence-corrected chi connectivity index (χ3v) is 5.06. The van der Waals surface area contributed by atoms with Crippen molar-refractivity contribution in [2.75, 3.05) is 18.9 Å². The van der Waals surface area contributed by atoms with E-state index in [0.29, 0.717) is 13.0 Å². The van der Waals surface area contributed by atoms with Crippen LogP contribution >= 0.6 is 23.4 Å². The summed E-state index contributed by atoms with van der Waals surface area (Å²) in [4.78, 5) is 13.1. The Morgan fingerprint density at radius 1 is 1.15 bits per heavy atom. The fourth-order valence-electron chi connectivity index (χ4n) is 2.45. The zero-order chi connectivity index (χ0) is 18.6. The Morgan fingerprint density at radius 3 is 2.69 bits per heavy atom. The van der Waals surface area contributed by atoms with Crippen LogP contribution < -0.4 is 10.1 Å². The largest absolute Gasteiger partial charge is 0.493 e. The van der Waals surface area contributed by atoms with E-state index in [1.165, 1.54) is 5.56 Å². The van der Waals surface area contributed by atoms with Crippen molar-refractivity contribution in [2.45, 2.75) is 37.5 Å². The van der Waals surface area contributed by atoms with Gasteiger partial charge in [0.25, 0.3) is 0 Å². The van der Waals surface area contributed by atoms with E-state index in [4.69, 9.17) is 16.3 Å². The molecule has 0 aliphatic carbocycles. The van der Waals surface area contributed by atoms with Crippen LogP contribution in [-0.2, 0) is 11.2 Å². The van der Waals surface area contributed by atoms with Crippen LogP contribution in [0, 0.1) is 0 Å². The summed E-state index contributed by atoms with van der Waals surface area (Å²) >= 11 is 7.53. The van der Waals surface area contributed by atoms with E-state index in [1.54, 1.807) is 11.8 Å². The molecule has 0 aromatic heterocycles. The molecule has 5 heteroatoms. The maximum atomic E-state index is 11.9. The van der Waals surface area contributed by atoms with Crippen LogP contribution in [0.5, 0.6) is 5.75 Å². The number of thioether (sulfide) groups is 1. The van der Waals surface area contributed by atoms with E-state index in [-0.39, 0.29) is 5.91 Å². The maximum absolute atomic E-state index is 11.9. The molecule has 0 unspecified atom stereocenters. The van der Waals surface area contributed by atoms with Gasteiger partial charge in [0.15, 0.2) is 0 Å². The fraction of sp³-hybridized carbons (Fsp3) is 0.381. The molecule has 0 spiro atoms. The summed E-state index contributed by atoms with van der Waals surface area (Å²) in [7, 11) is 0.